The number of hydrogen-bond acceptors (Lipinski definition) is 3. The molecule has 0 saturated heterocycles. The molecule has 0 bridgehead atoms. The van der Waals surface area contributed by atoms with Gasteiger partial charge in [-0.3, -0.25) is 4.98 Å². The molecular formula is C20H16F2N2O2Pt. The van der Waals surface area contributed by atoms with Gasteiger partial charge in [-0.05, 0) is 50.2 Å². The molecule has 1 N–H and O–H groups in total. The second kappa shape index (κ2) is 8.05. The molecule has 0 aliphatic rings. The van der Waals surface area contributed by atoms with E-state index in [1.54, 1.807) is 30.3 Å². The molecular weight excluding hydrogens is 533 g/mol. The summed E-state index contributed by atoms with van der Waals surface area (Å²) < 4.78 is 27.2. The molecule has 7 heteroatoms. The summed E-state index contributed by atoms with van der Waals surface area (Å²) in [5, 5.41) is 9.14. The van der Waals surface area contributed by atoms with Gasteiger partial charge in [0.2, 0.25) is 0 Å². The van der Waals surface area contributed by atoms with Crippen molar-refractivity contribution >= 4 is 5.97 Å². The second-order valence-electron chi connectivity index (χ2n) is 6.37. The fraction of sp³-hybridized carbons (Fsp3) is 0.150. The quantitative estimate of drug-likeness (QED) is 0.523. The maximum Gasteiger partial charge on any atom is 0.354 e. The Hall–Kier alpha value is -2.46. The van der Waals surface area contributed by atoms with Gasteiger partial charge >= 0.3 is 5.97 Å². The number of hydrogen-bond donors (Lipinski definition) is 1. The van der Waals surface area contributed by atoms with Crippen LogP contribution in [0.4, 0.5) is 8.78 Å². The van der Waals surface area contributed by atoms with Gasteiger partial charge in [-0.1, -0.05) is 12.1 Å². The number of rotatable bonds is 4. The SMILES string of the molecule is CC(C)(c1cccc(C(=O)O)n1)c1cccc(-c2ccc(F)cc2F)n1.[Pt]. The van der Waals surface area contributed by atoms with E-state index in [0.717, 1.165) is 6.07 Å². The summed E-state index contributed by atoms with van der Waals surface area (Å²) in [6.45, 7) is 3.71. The van der Waals surface area contributed by atoms with Gasteiger partial charge in [0, 0.05) is 38.1 Å². The molecule has 0 aliphatic heterocycles. The molecule has 1 aromatic carbocycles. The first-order valence-corrected chi connectivity index (χ1v) is 7.93. The first kappa shape index (κ1) is 20.8. The molecule has 2 aromatic heterocycles. The summed E-state index contributed by atoms with van der Waals surface area (Å²) in [6, 6.07) is 13.2. The van der Waals surface area contributed by atoms with Gasteiger partial charge in [0.05, 0.1) is 17.1 Å². The molecule has 0 amide bonds. The standard InChI is InChI=1S/C20H16F2N2O2.Pt/c1-20(2,18-8-4-6-16(24-18)19(25)26)17-7-3-5-15(23-17)13-10-9-12(21)11-14(13)22;/h3-11H,1-2H3,(H,25,26);. The number of carboxylic acid groups (broad SMARTS) is 1. The summed E-state index contributed by atoms with van der Waals surface area (Å²) >= 11 is 0. The van der Waals surface area contributed by atoms with Gasteiger partial charge in [-0.15, -0.1) is 0 Å². The number of carbonyl (C=O) groups is 1. The number of halogens is 2. The molecule has 27 heavy (non-hydrogen) atoms. The van der Waals surface area contributed by atoms with Gasteiger partial charge in [0.1, 0.15) is 17.3 Å². The van der Waals surface area contributed by atoms with Crippen LogP contribution in [-0.4, -0.2) is 21.0 Å². The van der Waals surface area contributed by atoms with Crippen molar-refractivity contribution in [3.8, 4) is 11.3 Å². The minimum absolute atomic E-state index is 0. The Labute approximate surface area is 169 Å². The molecule has 0 unspecified atom stereocenters. The number of carboxylic acids is 1. The minimum Gasteiger partial charge on any atom is -0.477 e. The molecule has 142 valence electrons. The molecule has 0 radical (unpaired) electrons. The van der Waals surface area contributed by atoms with Crippen molar-refractivity contribution in [2.24, 2.45) is 0 Å². The Morgan fingerprint density at radius 1 is 0.963 bits per heavy atom. The van der Waals surface area contributed by atoms with Crippen LogP contribution in [0.5, 0.6) is 0 Å². The van der Waals surface area contributed by atoms with Gasteiger partial charge < -0.3 is 5.11 Å². The van der Waals surface area contributed by atoms with Crippen LogP contribution in [0.1, 0.15) is 35.7 Å². The third kappa shape index (κ3) is 4.28. The maximum absolute atomic E-state index is 14.1. The van der Waals surface area contributed by atoms with E-state index in [0.29, 0.717) is 17.1 Å². The van der Waals surface area contributed by atoms with E-state index in [1.807, 2.05) is 13.8 Å². The average Bonchev–Trinajstić information content (AvgIpc) is 2.62. The largest absolute Gasteiger partial charge is 0.477 e. The fourth-order valence-corrected chi connectivity index (χ4v) is 2.66. The molecule has 0 atom stereocenters. The van der Waals surface area contributed by atoms with Crippen molar-refractivity contribution in [3.05, 3.63) is 83.3 Å². The van der Waals surface area contributed by atoms with Crippen molar-refractivity contribution in [2.75, 3.05) is 0 Å². The Kier molecular flexibility index (Phi) is 6.22. The van der Waals surface area contributed by atoms with Crippen LogP contribution in [0, 0.1) is 11.6 Å². The van der Waals surface area contributed by atoms with Crippen LogP contribution in [0.3, 0.4) is 0 Å². The summed E-state index contributed by atoms with van der Waals surface area (Å²) in [6.07, 6.45) is 0. The molecule has 0 fully saturated rings. The van der Waals surface area contributed by atoms with Crippen molar-refractivity contribution in [3.63, 3.8) is 0 Å². The number of aromatic carboxylic acids is 1. The molecule has 3 aromatic rings. The Balaban J connectivity index is 0.00000261. The predicted molar refractivity (Wildman–Crippen MR) is 92.9 cm³/mol. The number of aromatic nitrogens is 2. The van der Waals surface area contributed by atoms with Gasteiger partial charge in [-0.2, -0.15) is 0 Å². The first-order chi connectivity index (χ1) is 12.3. The zero-order valence-corrected chi connectivity index (χ0v) is 16.8. The topological polar surface area (TPSA) is 63.1 Å². The van der Waals surface area contributed by atoms with Crippen LogP contribution in [0.25, 0.3) is 11.3 Å². The first-order valence-electron chi connectivity index (χ1n) is 7.93. The summed E-state index contributed by atoms with van der Waals surface area (Å²) in [5.41, 5.74) is 0.906. The van der Waals surface area contributed by atoms with E-state index in [9.17, 15) is 13.6 Å². The molecule has 3 rings (SSSR count). The Bertz CT molecular complexity index is 993. The number of benzene rings is 1. The Morgan fingerprint density at radius 2 is 1.59 bits per heavy atom. The van der Waals surface area contributed by atoms with Crippen LogP contribution >= 0.6 is 0 Å². The summed E-state index contributed by atoms with van der Waals surface area (Å²) in [5.74, 6) is -2.46. The molecule has 2 heterocycles. The van der Waals surface area contributed by atoms with Gasteiger partial charge in [-0.25, -0.2) is 18.6 Å². The Morgan fingerprint density at radius 3 is 2.22 bits per heavy atom. The van der Waals surface area contributed by atoms with Gasteiger partial charge in [0.15, 0.2) is 0 Å². The van der Waals surface area contributed by atoms with Crippen molar-refractivity contribution in [2.45, 2.75) is 19.3 Å². The van der Waals surface area contributed by atoms with Crippen molar-refractivity contribution < 1.29 is 39.7 Å². The fourth-order valence-electron chi connectivity index (χ4n) is 2.66. The summed E-state index contributed by atoms with van der Waals surface area (Å²) in [7, 11) is 0. The zero-order valence-electron chi connectivity index (χ0n) is 14.5. The van der Waals surface area contributed by atoms with Crippen LogP contribution < -0.4 is 0 Å². The van der Waals surface area contributed by atoms with Crippen molar-refractivity contribution in [1.82, 2.24) is 9.97 Å². The van der Waals surface area contributed by atoms with E-state index in [2.05, 4.69) is 9.97 Å². The smallest absolute Gasteiger partial charge is 0.354 e. The van der Waals surface area contributed by atoms with Crippen LogP contribution in [0.15, 0.2) is 54.6 Å². The van der Waals surface area contributed by atoms with E-state index >= 15 is 0 Å². The maximum atomic E-state index is 14.1. The van der Waals surface area contributed by atoms with E-state index in [1.165, 1.54) is 18.2 Å². The number of pyridine rings is 2. The second-order valence-corrected chi connectivity index (χ2v) is 6.37. The van der Waals surface area contributed by atoms with Gasteiger partial charge in [0.25, 0.3) is 0 Å². The van der Waals surface area contributed by atoms with E-state index in [4.69, 9.17) is 5.11 Å². The molecule has 0 saturated carbocycles. The minimum atomic E-state index is -1.11. The predicted octanol–water partition coefficient (Wildman–Crippen LogP) is 4.44. The van der Waals surface area contributed by atoms with Crippen LogP contribution in [-0.2, 0) is 26.5 Å². The van der Waals surface area contributed by atoms with E-state index in [-0.39, 0.29) is 32.3 Å². The summed E-state index contributed by atoms with van der Waals surface area (Å²) in [4.78, 5) is 19.9. The third-order valence-corrected chi connectivity index (χ3v) is 4.21. The molecule has 0 aliphatic carbocycles. The third-order valence-electron chi connectivity index (χ3n) is 4.21. The molecule has 4 nitrogen and oxygen atoms in total. The zero-order chi connectivity index (χ0) is 18.9. The number of nitrogens with zero attached hydrogens (tertiary/aromatic N) is 2. The van der Waals surface area contributed by atoms with Crippen molar-refractivity contribution in [1.29, 1.82) is 0 Å². The normalized spacial score (nSPS) is 11.0. The molecule has 0 spiro atoms. The van der Waals surface area contributed by atoms with E-state index < -0.39 is 23.0 Å². The van der Waals surface area contributed by atoms with Crippen LogP contribution in [0.2, 0.25) is 0 Å². The monoisotopic (exact) mass is 549 g/mol. The average molecular weight is 549 g/mol.